The van der Waals surface area contributed by atoms with Gasteiger partial charge in [0.25, 0.3) is 0 Å². The standard InChI is InChI=1S/C19H29BN2O5/c1-17(2,3)25-16(24)22-12-13(11-14-15(23)9-8-10-21-14)20-26-18(4,5)19(6,7)27-20/h8-11,23H,12H2,1-7H3,(H,22,24). The number of hydrogen-bond acceptors (Lipinski definition) is 6. The van der Waals surface area contributed by atoms with E-state index in [9.17, 15) is 9.90 Å². The lowest BCUT2D eigenvalue weighted by atomic mass is 9.77. The van der Waals surface area contributed by atoms with Crippen LogP contribution in [0.1, 0.15) is 54.2 Å². The minimum atomic E-state index is -0.689. The molecule has 7 nitrogen and oxygen atoms in total. The predicted octanol–water partition coefficient (Wildman–Crippen LogP) is 3.33. The molecule has 0 radical (unpaired) electrons. The van der Waals surface area contributed by atoms with E-state index in [4.69, 9.17) is 14.0 Å². The highest BCUT2D eigenvalue weighted by Gasteiger charge is 2.52. The predicted molar refractivity (Wildman–Crippen MR) is 104 cm³/mol. The van der Waals surface area contributed by atoms with Crippen molar-refractivity contribution in [2.75, 3.05) is 6.54 Å². The summed E-state index contributed by atoms with van der Waals surface area (Å²) in [7, 11) is -0.689. The van der Waals surface area contributed by atoms with Gasteiger partial charge in [0.1, 0.15) is 17.0 Å². The van der Waals surface area contributed by atoms with E-state index in [0.717, 1.165) is 0 Å². The van der Waals surface area contributed by atoms with Gasteiger partial charge < -0.3 is 24.5 Å². The average Bonchev–Trinajstić information content (AvgIpc) is 2.71. The van der Waals surface area contributed by atoms with Gasteiger partial charge in [0.2, 0.25) is 0 Å². The molecule has 1 aromatic rings. The highest BCUT2D eigenvalue weighted by molar-refractivity contribution is 6.56. The fraction of sp³-hybridized carbons (Fsp3) is 0.579. The number of nitrogens with one attached hydrogen (secondary N) is 1. The summed E-state index contributed by atoms with van der Waals surface area (Å²) in [6.45, 7) is 13.3. The molecule has 1 aliphatic heterocycles. The minimum absolute atomic E-state index is 0.0313. The van der Waals surface area contributed by atoms with E-state index in [1.807, 2.05) is 27.7 Å². The van der Waals surface area contributed by atoms with Crippen LogP contribution in [0.4, 0.5) is 4.79 Å². The van der Waals surface area contributed by atoms with Gasteiger partial charge in [-0.25, -0.2) is 4.79 Å². The quantitative estimate of drug-likeness (QED) is 0.784. The summed E-state index contributed by atoms with van der Waals surface area (Å²) >= 11 is 0. The second kappa shape index (κ2) is 7.52. The van der Waals surface area contributed by atoms with Crippen LogP contribution in [0.2, 0.25) is 0 Å². The number of amides is 1. The van der Waals surface area contributed by atoms with Crippen molar-refractivity contribution in [1.82, 2.24) is 10.3 Å². The van der Waals surface area contributed by atoms with Crippen LogP contribution in [0, 0.1) is 0 Å². The maximum Gasteiger partial charge on any atom is 0.492 e. The Morgan fingerprint density at radius 3 is 2.41 bits per heavy atom. The van der Waals surface area contributed by atoms with E-state index in [-0.39, 0.29) is 12.3 Å². The molecule has 1 aromatic heterocycles. The number of aromatic hydroxyl groups is 1. The summed E-state index contributed by atoms with van der Waals surface area (Å²) in [6.07, 6.45) is 2.69. The summed E-state index contributed by atoms with van der Waals surface area (Å²) < 4.78 is 17.4. The second-order valence-corrected chi connectivity index (χ2v) is 8.57. The third-order valence-electron chi connectivity index (χ3n) is 4.53. The lowest BCUT2D eigenvalue weighted by Crippen LogP contribution is -2.41. The molecule has 0 unspecified atom stereocenters. The van der Waals surface area contributed by atoms with Crippen molar-refractivity contribution in [1.29, 1.82) is 0 Å². The summed E-state index contributed by atoms with van der Waals surface area (Å²) in [5.41, 5.74) is -0.678. The molecule has 1 fully saturated rings. The van der Waals surface area contributed by atoms with E-state index in [1.54, 1.807) is 45.2 Å². The minimum Gasteiger partial charge on any atom is -0.506 e. The molecule has 1 saturated heterocycles. The van der Waals surface area contributed by atoms with Gasteiger partial charge in [-0.3, -0.25) is 4.98 Å². The molecule has 0 spiro atoms. The maximum absolute atomic E-state index is 12.0. The first-order chi connectivity index (χ1) is 12.3. The molecule has 0 saturated carbocycles. The van der Waals surface area contributed by atoms with E-state index in [2.05, 4.69) is 10.3 Å². The Balaban J connectivity index is 2.25. The van der Waals surface area contributed by atoms with Gasteiger partial charge in [-0.15, -0.1) is 0 Å². The Kier molecular flexibility index (Phi) is 5.92. The Bertz CT molecular complexity index is 709. The van der Waals surface area contributed by atoms with E-state index < -0.39 is 30.0 Å². The van der Waals surface area contributed by atoms with Crippen LogP contribution in [-0.4, -0.2) is 46.7 Å². The van der Waals surface area contributed by atoms with Gasteiger partial charge in [0.05, 0.1) is 11.2 Å². The van der Waals surface area contributed by atoms with Crippen LogP contribution in [-0.2, 0) is 14.0 Å². The van der Waals surface area contributed by atoms with Crippen LogP contribution >= 0.6 is 0 Å². The Morgan fingerprint density at radius 2 is 1.89 bits per heavy atom. The summed E-state index contributed by atoms with van der Waals surface area (Å²) in [5, 5.41) is 12.7. The second-order valence-electron chi connectivity index (χ2n) is 8.57. The molecule has 8 heteroatoms. The number of pyridine rings is 1. The maximum atomic E-state index is 12.0. The van der Waals surface area contributed by atoms with Crippen LogP contribution in [0.25, 0.3) is 6.08 Å². The average molecular weight is 376 g/mol. The first-order valence-corrected chi connectivity index (χ1v) is 8.98. The van der Waals surface area contributed by atoms with Crippen molar-refractivity contribution in [2.24, 2.45) is 0 Å². The Morgan fingerprint density at radius 1 is 1.30 bits per heavy atom. The van der Waals surface area contributed by atoms with Gasteiger partial charge in [-0.2, -0.15) is 0 Å². The van der Waals surface area contributed by atoms with E-state index in [0.29, 0.717) is 11.2 Å². The molecule has 0 bridgehead atoms. The van der Waals surface area contributed by atoms with Crippen molar-refractivity contribution >= 4 is 19.3 Å². The lowest BCUT2D eigenvalue weighted by Gasteiger charge is -2.32. The molecule has 0 atom stereocenters. The molecular weight excluding hydrogens is 347 g/mol. The van der Waals surface area contributed by atoms with Crippen molar-refractivity contribution in [2.45, 2.75) is 65.3 Å². The van der Waals surface area contributed by atoms with Gasteiger partial charge in [-0.1, -0.05) is 0 Å². The van der Waals surface area contributed by atoms with Crippen LogP contribution in [0.15, 0.2) is 23.8 Å². The van der Waals surface area contributed by atoms with Gasteiger partial charge in [0.15, 0.2) is 0 Å². The topological polar surface area (TPSA) is 89.9 Å². The highest BCUT2D eigenvalue weighted by atomic mass is 16.7. The molecule has 2 N–H and O–H groups in total. The molecule has 148 valence electrons. The summed E-state index contributed by atoms with van der Waals surface area (Å²) in [5.74, 6) is 0.0313. The molecule has 0 aliphatic carbocycles. The van der Waals surface area contributed by atoms with Crippen LogP contribution in [0.3, 0.4) is 0 Å². The number of carbonyl (C=O) groups excluding carboxylic acids is 1. The molecule has 2 heterocycles. The first kappa shape index (κ1) is 21.2. The van der Waals surface area contributed by atoms with Crippen LogP contribution in [0.5, 0.6) is 5.75 Å². The third kappa shape index (κ3) is 5.46. The zero-order chi connectivity index (χ0) is 20.5. The summed E-state index contributed by atoms with van der Waals surface area (Å²) in [6, 6.07) is 3.18. The largest absolute Gasteiger partial charge is 0.506 e. The van der Waals surface area contributed by atoms with E-state index >= 15 is 0 Å². The first-order valence-electron chi connectivity index (χ1n) is 8.98. The monoisotopic (exact) mass is 376 g/mol. The fourth-order valence-electron chi connectivity index (χ4n) is 2.38. The van der Waals surface area contributed by atoms with Gasteiger partial charge in [0, 0.05) is 12.7 Å². The lowest BCUT2D eigenvalue weighted by molar-refractivity contribution is 0.00578. The SMILES string of the molecule is CC(C)(C)OC(=O)NCC(=Cc1ncccc1O)B1OC(C)(C)C(C)(C)O1. The molecular formula is C19H29BN2O5. The van der Waals surface area contributed by atoms with Crippen molar-refractivity contribution in [3.63, 3.8) is 0 Å². The van der Waals surface area contributed by atoms with Crippen molar-refractivity contribution in [3.05, 3.63) is 29.5 Å². The Labute approximate surface area is 161 Å². The molecule has 1 aliphatic rings. The number of hydrogen-bond donors (Lipinski definition) is 2. The molecule has 2 rings (SSSR count). The number of carbonyl (C=O) groups is 1. The number of nitrogens with zero attached hydrogens (tertiary/aromatic N) is 1. The number of alkyl carbamates (subject to hydrolysis) is 1. The smallest absolute Gasteiger partial charge is 0.492 e. The molecule has 27 heavy (non-hydrogen) atoms. The normalized spacial score (nSPS) is 19.1. The molecule has 1 amide bonds. The molecule has 0 aromatic carbocycles. The highest BCUT2D eigenvalue weighted by Crippen LogP contribution is 2.38. The Hall–Kier alpha value is -2.06. The van der Waals surface area contributed by atoms with Gasteiger partial charge in [-0.05, 0) is 72.1 Å². The number of rotatable bonds is 4. The van der Waals surface area contributed by atoms with Crippen molar-refractivity contribution < 1.29 is 23.9 Å². The van der Waals surface area contributed by atoms with E-state index in [1.165, 1.54) is 0 Å². The zero-order valence-corrected chi connectivity index (χ0v) is 17.1. The fourth-order valence-corrected chi connectivity index (χ4v) is 2.38. The van der Waals surface area contributed by atoms with Crippen LogP contribution < -0.4 is 5.32 Å². The third-order valence-corrected chi connectivity index (χ3v) is 4.53. The van der Waals surface area contributed by atoms with Crippen molar-refractivity contribution in [3.8, 4) is 5.75 Å². The zero-order valence-electron chi connectivity index (χ0n) is 17.1. The summed E-state index contributed by atoms with van der Waals surface area (Å²) in [4.78, 5) is 16.2. The number of aromatic nitrogens is 1. The number of ether oxygens (including phenoxy) is 1. The van der Waals surface area contributed by atoms with Gasteiger partial charge >= 0.3 is 13.2 Å².